The molecule has 2 heterocycles. The summed E-state index contributed by atoms with van der Waals surface area (Å²) in [6.07, 6.45) is 1.55. The van der Waals surface area contributed by atoms with Crippen molar-refractivity contribution >= 4 is 28.4 Å². The Morgan fingerprint density at radius 2 is 1.89 bits per heavy atom. The Balaban J connectivity index is 1.89. The molecule has 2 aromatic heterocycles. The van der Waals surface area contributed by atoms with E-state index in [9.17, 15) is 14.3 Å². The highest BCUT2D eigenvalue weighted by molar-refractivity contribution is 6.05. The van der Waals surface area contributed by atoms with Gasteiger partial charge in [0.25, 0.3) is 5.91 Å². The van der Waals surface area contributed by atoms with Crippen LogP contribution in [0, 0.1) is 5.82 Å². The summed E-state index contributed by atoms with van der Waals surface area (Å²) in [5.74, 6) is -0.703. The molecule has 0 unspecified atom stereocenters. The van der Waals surface area contributed by atoms with Crippen LogP contribution in [-0.4, -0.2) is 16.0 Å². The molecule has 0 atom stereocenters. The zero-order valence-corrected chi connectivity index (χ0v) is 14.5. The van der Waals surface area contributed by atoms with Crippen molar-refractivity contribution in [3.63, 3.8) is 0 Å². The number of nitrogens with one attached hydrogen (secondary N) is 1. The number of para-hydroxylation sites is 1. The number of carbonyl (C=O) groups excluding carboxylic acids is 1. The quantitative estimate of drug-likeness (QED) is 0.563. The summed E-state index contributed by atoms with van der Waals surface area (Å²) in [4.78, 5) is 21.0. The third-order valence-corrected chi connectivity index (χ3v) is 3.96. The fourth-order valence-electron chi connectivity index (χ4n) is 2.62. The van der Waals surface area contributed by atoms with E-state index in [0.717, 1.165) is 0 Å². The van der Waals surface area contributed by atoms with Crippen molar-refractivity contribution in [2.45, 2.75) is 0 Å². The van der Waals surface area contributed by atoms with Crippen LogP contribution in [0.5, 0.6) is 5.75 Å². The fourth-order valence-corrected chi connectivity index (χ4v) is 2.62. The summed E-state index contributed by atoms with van der Waals surface area (Å²) in [5, 5.41) is 12.9. The first-order valence-electron chi connectivity index (χ1n) is 8.39. The highest BCUT2D eigenvalue weighted by Gasteiger charge is 2.14. The van der Waals surface area contributed by atoms with Crippen molar-refractivity contribution in [2.75, 3.05) is 5.32 Å². The number of carbonyl (C=O) groups is 1. The van der Waals surface area contributed by atoms with Crippen molar-refractivity contribution in [1.29, 1.82) is 0 Å². The van der Waals surface area contributed by atoms with E-state index in [-0.39, 0.29) is 22.6 Å². The number of fused-ring (bicyclic) bond motifs is 1. The number of amides is 1. The summed E-state index contributed by atoms with van der Waals surface area (Å²) in [6.45, 7) is 0. The van der Waals surface area contributed by atoms with Gasteiger partial charge in [0, 0.05) is 17.6 Å². The normalized spacial score (nSPS) is 11.5. The number of nitrogens with zero attached hydrogens (tertiary/aromatic N) is 2. The molecule has 0 saturated carbocycles. The zero-order chi connectivity index (χ0) is 19.5. The molecule has 0 radical (unpaired) electrons. The van der Waals surface area contributed by atoms with E-state index in [0.29, 0.717) is 16.8 Å². The molecular formula is C21H14FN3O3. The first-order chi connectivity index (χ1) is 13.6. The summed E-state index contributed by atoms with van der Waals surface area (Å²) < 4.78 is 19.8. The Morgan fingerprint density at radius 3 is 2.68 bits per heavy atom. The minimum atomic E-state index is -0.551. The Bertz CT molecular complexity index is 1240. The first-order valence-corrected chi connectivity index (χ1v) is 8.39. The second-order valence-corrected chi connectivity index (χ2v) is 5.92. The molecule has 2 aromatic carbocycles. The minimum Gasteiger partial charge on any atom is -0.508 e. The van der Waals surface area contributed by atoms with E-state index in [1.54, 1.807) is 48.7 Å². The largest absolute Gasteiger partial charge is 0.508 e. The molecule has 0 saturated heterocycles. The second kappa shape index (κ2) is 7.32. The molecule has 1 amide bonds. The predicted molar refractivity (Wildman–Crippen MR) is 102 cm³/mol. The number of hydrogen-bond acceptors (Lipinski definition) is 5. The van der Waals surface area contributed by atoms with Crippen molar-refractivity contribution in [2.24, 2.45) is 4.99 Å². The van der Waals surface area contributed by atoms with Gasteiger partial charge in [-0.3, -0.25) is 4.79 Å². The molecular weight excluding hydrogens is 361 g/mol. The number of phenols is 1. The van der Waals surface area contributed by atoms with Gasteiger partial charge in [0.15, 0.2) is 0 Å². The number of aromatic nitrogens is 1. The summed E-state index contributed by atoms with van der Waals surface area (Å²) in [6, 6.07) is 17.1. The third-order valence-electron chi connectivity index (χ3n) is 3.96. The molecule has 0 spiro atoms. The monoisotopic (exact) mass is 375 g/mol. The smallest absolute Gasteiger partial charge is 0.262 e. The SMILES string of the molecule is O=C(Nc1ccccn1)c1cc2ccc(O)cc2oc1=Nc1ccccc1F. The summed E-state index contributed by atoms with van der Waals surface area (Å²) >= 11 is 0. The van der Waals surface area contributed by atoms with Crippen molar-refractivity contribution in [3.05, 3.63) is 89.9 Å². The van der Waals surface area contributed by atoms with Crippen LogP contribution in [0.2, 0.25) is 0 Å². The molecule has 6 nitrogen and oxygen atoms in total. The van der Waals surface area contributed by atoms with E-state index < -0.39 is 11.7 Å². The van der Waals surface area contributed by atoms with Crippen LogP contribution in [0.25, 0.3) is 11.0 Å². The number of benzene rings is 2. The summed E-state index contributed by atoms with van der Waals surface area (Å²) in [7, 11) is 0. The molecule has 0 aliphatic rings. The number of phenolic OH excluding ortho intramolecular Hbond substituents is 1. The maximum Gasteiger partial charge on any atom is 0.262 e. The van der Waals surface area contributed by atoms with Crippen molar-refractivity contribution in [3.8, 4) is 5.75 Å². The van der Waals surface area contributed by atoms with Crippen LogP contribution in [-0.2, 0) is 0 Å². The molecule has 0 bridgehead atoms. The van der Waals surface area contributed by atoms with Gasteiger partial charge in [0.05, 0.1) is 0 Å². The highest BCUT2D eigenvalue weighted by atomic mass is 19.1. The van der Waals surface area contributed by atoms with E-state index in [1.807, 2.05) is 0 Å². The van der Waals surface area contributed by atoms with Gasteiger partial charge in [0.1, 0.15) is 34.2 Å². The van der Waals surface area contributed by atoms with Gasteiger partial charge in [-0.15, -0.1) is 0 Å². The van der Waals surface area contributed by atoms with Crippen LogP contribution in [0.15, 0.2) is 82.3 Å². The van der Waals surface area contributed by atoms with Crippen LogP contribution in [0.4, 0.5) is 15.9 Å². The number of halogens is 1. The maximum atomic E-state index is 14.0. The lowest BCUT2D eigenvalue weighted by atomic mass is 10.1. The topological polar surface area (TPSA) is 87.7 Å². The lowest BCUT2D eigenvalue weighted by Crippen LogP contribution is -2.22. The van der Waals surface area contributed by atoms with E-state index in [1.165, 1.54) is 24.3 Å². The van der Waals surface area contributed by atoms with Gasteiger partial charge in [-0.05, 0) is 42.5 Å². The maximum absolute atomic E-state index is 14.0. The van der Waals surface area contributed by atoms with E-state index in [2.05, 4.69) is 15.3 Å². The number of rotatable bonds is 3. The third kappa shape index (κ3) is 3.59. The minimum absolute atomic E-state index is 0.00113. The Morgan fingerprint density at radius 1 is 1.07 bits per heavy atom. The van der Waals surface area contributed by atoms with Gasteiger partial charge in [0.2, 0.25) is 5.55 Å². The number of aromatic hydroxyl groups is 1. The van der Waals surface area contributed by atoms with Crippen LogP contribution >= 0.6 is 0 Å². The molecule has 2 N–H and O–H groups in total. The molecule has 7 heteroatoms. The van der Waals surface area contributed by atoms with Gasteiger partial charge in [-0.25, -0.2) is 14.4 Å². The molecule has 0 fully saturated rings. The molecule has 138 valence electrons. The average Bonchev–Trinajstić information content (AvgIpc) is 2.70. The van der Waals surface area contributed by atoms with E-state index >= 15 is 0 Å². The van der Waals surface area contributed by atoms with Crippen molar-refractivity contribution in [1.82, 2.24) is 4.98 Å². The second-order valence-electron chi connectivity index (χ2n) is 5.92. The van der Waals surface area contributed by atoms with Crippen LogP contribution in [0.3, 0.4) is 0 Å². The van der Waals surface area contributed by atoms with Crippen molar-refractivity contribution < 1.29 is 18.7 Å². The molecule has 4 aromatic rings. The van der Waals surface area contributed by atoms with Gasteiger partial charge in [-0.1, -0.05) is 18.2 Å². The van der Waals surface area contributed by atoms with E-state index in [4.69, 9.17) is 4.42 Å². The lowest BCUT2D eigenvalue weighted by Gasteiger charge is -2.07. The van der Waals surface area contributed by atoms with Crippen LogP contribution in [0.1, 0.15) is 10.4 Å². The first kappa shape index (κ1) is 17.4. The Labute approximate surface area is 158 Å². The highest BCUT2D eigenvalue weighted by Crippen LogP contribution is 2.21. The molecule has 28 heavy (non-hydrogen) atoms. The lowest BCUT2D eigenvalue weighted by molar-refractivity contribution is 0.102. The standard InChI is InChI=1S/C21H14FN3O3/c22-16-5-1-2-6-17(16)24-21-15(20(27)25-19-7-3-4-10-23-19)11-13-8-9-14(26)12-18(13)28-21/h1-12,26H,(H,23,25,27). The number of anilines is 1. The van der Waals surface area contributed by atoms with Gasteiger partial charge < -0.3 is 14.8 Å². The number of hydrogen-bond donors (Lipinski definition) is 2. The molecule has 0 aliphatic carbocycles. The van der Waals surface area contributed by atoms with Gasteiger partial charge in [-0.2, -0.15) is 0 Å². The number of pyridine rings is 1. The Hall–Kier alpha value is -4.00. The Kier molecular flexibility index (Phi) is 4.55. The fraction of sp³-hybridized carbons (Fsp3) is 0. The average molecular weight is 375 g/mol. The predicted octanol–water partition coefficient (Wildman–Crippen LogP) is 4.16. The molecule has 0 aliphatic heterocycles. The van der Waals surface area contributed by atoms with Crippen LogP contribution < -0.4 is 10.9 Å². The van der Waals surface area contributed by atoms with Gasteiger partial charge >= 0.3 is 0 Å². The zero-order valence-electron chi connectivity index (χ0n) is 14.5. The molecule has 4 rings (SSSR count). The summed E-state index contributed by atoms with van der Waals surface area (Å²) in [5.41, 5.74) is 0.353.